The van der Waals surface area contributed by atoms with Crippen LogP contribution in [0.15, 0.2) is 28.8 Å². The van der Waals surface area contributed by atoms with Crippen molar-refractivity contribution in [1.29, 1.82) is 0 Å². The summed E-state index contributed by atoms with van der Waals surface area (Å²) < 4.78 is 18.4. The SMILES string of the molecule is CC(C)C(c1nc(Cc2cccc(F)c2)no1)C(C)O. The van der Waals surface area contributed by atoms with E-state index in [-0.39, 0.29) is 17.7 Å². The molecule has 2 rings (SSSR count). The van der Waals surface area contributed by atoms with E-state index in [4.69, 9.17) is 4.52 Å². The van der Waals surface area contributed by atoms with Crippen LogP contribution in [0.25, 0.3) is 0 Å². The Balaban J connectivity index is 2.16. The van der Waals surface area contributed by atoms with Crippen molar-refractivity contribution in [3.8, 4) is 0 Å². The molecule has 1 heterocycles. The van der Waals surface area contributed by atoms with Crippen LogP contribution in [-0.2, 0) is 6.42 Å². The second-order valence-corrected chi connectivity index (χ2v) is 5.37. The van der Waals surface area contributed by atoms with E-state index in [1.54, 1.807) is 13.0 Å². The molecular formula is C15H19FN2O2. The van der Waals surface area contributed by atoms with Gasteiger partial charge in [0.15, 0.2) is 5.82 Å². The molecule has 0 bridgehead atoms. The molecule has 1 aromatic carbocycles. The molecule has 0 saturated carbocycles. The van der Waals surface area contributed by atoms with E-state index in [9.17, 15) is 9.50 Å². The van der Waals surface area contributed by atoms with Crippen molar-refractivity contribution >= 4 is 0 Å². The molecule has 0 aliphatic heterocycles. The van der Waals surface area contributed by atoms with Gasteiger partial charge in [0, 0.05) is 6.42 Å². The number of aromatic nitrogens is 2. The maximum absolute atomic E-state index is 13.1. The smallest absolute Gasteiger partial charge is 0.232 e. The van der Waals surface area contributed by atoms with E-state index >= 15 is 0 Å². The van der Waals surface area contributed by atoms with Gasteiger partial charge in [-0.15, -0.1) is 0 Å². The maximum Gasteiger partial charge on any atom is 0.232 e. The molecule has 0 aliphatic rings. The fraction of sp³-hybridized carbons (Fsp3) is 0.467. The first-order valence-corrected chi connectivity index (χ1v) is 6.72. The fourth-order valence-corrected chi connectivity index (χ4v) is 2.35. The lowest BCUT2D eigenvalue weighted by molar-refractivity contribution is 0.120. The molecule has 2 unspecified atom stereocenters. The molecule has 5 heteroatoms. The van der Waals surface area contributed by atoms with E-state index in [0.29, 0.717) is 18.1 Å². The van der Waals surface area contributed by atoms with Gasteiger partial charge in [0.25, 0.3) is 0 Å². The Morgan fingerprint density at radius 3 is 2.65 bits per heavy atom. The molecule has 1 aromatic heterocycles. The zero-order valence-electron chi connectivity index (χ0n) is 11.9. The van der Waals surface area contributed by atoms with E-state index < -0.39 is 6.10 Å². The summed E-state index contributed by atoms with van der Waals surface area (Å²) in [5.74, 6) is 0.648. The van der Waals surface area contributed by atoms with Crippen LogP contribution in [0.3, 0.4) is 0 Å². The molecule has 108 valence electrons. The Hall–Kier alpha value is -1.75. The Kier molecular flexibility index (Phi) is 4.49. The Labute approximate surface area is 117 Å². The lowest BCUT2D eigenvalue weighted by Crippen LogP contribution is -2.20. The summed E-state index contributed by atoms with van der Waals surface area (Å²) >= 11 is 0. The monoisotopic (exact) mass is 278 g/mol. The number of hydrogen-bond donors (Lipinski definition) is 1. The molecule has 2 aromatic rings. The molecule has 2 atom stereocenters. The van der Waals surface area contributed by atoms with Gasteiger partial charge in [0.05, 0.1) is 12.0 Å². The van der Waals surface area contributed by atoms with E-state index in [2.05, 4.69) is 10.1 Å². The Bertz CT molecular complexity index is 559. The van der Waals surface area contributed by atoms with Crippen molar-refractivity contribution < 1.29 is 14.0 Å². The van der Waals surface area contributed by atoms with Gasteiger partial charge in [-0.25, -0.2) is 4.39 Å². The van der Waals surface area contributed by atoms with Crippen LogP contribution in [0.2, 0.25) is 0 Å². The third-order valence-corrected chi connectivity index (χ3v) is 3.26. The molecule has 0 saturated heterocycles. The normalized spacial score (nSPS) is 14.5. The van der Waals surface area contributed by atoms with E-state index in [1.165, 1.54) is 12.1 Å². The van der Waals surface area contributed by atoms with Gasteiger partial charge >= 0.3 is 0 Å². The number of rotatable bonds is 5. The van der Waals surface area contributed by atoms with Crippen LogP contribution in [0, 0.1) is 11.7 Å². The zero-order valence-corrected chi connectivity index (χ0v) is 11.9. The summed E-state index contributed by atoms with van der Waals surface area (Å²) in [4.78, 5) is 4.32. The number of aliphatic hydroxyl groups is 1. The molecule has 4 nitrogen and oxygen atoms in total. The summed E-state index contributed by atoms with van der Waals surface area (Å²) in [6.45, 7) is 5.70. The van der Waals surface area contributed by atoms with Crippen molar-refractivity contribution in [3.63, 3.8) is 0 Å². The highest BCUT2D eigenvalue weighted by atomic mass is 19.1. The van der Waals surface area contributed by atoms with Gasteiger partial charge in [-0.2, -0.15) is 4.98 Å². The van der Waals surface area contributed by atoms with Crippen molar-refractivity contribution in [3.05, 3.63) is 47.4 Å². The maximum atomic E-state index is 13.1. The van der Waals surface area contributed by atoms with Gasteiger partial charge in [-0.1, -0.05) is 31.1 Å². The van der Waals surface area contributed by atoms with Crippen LogP contribution in [0.5, 0.6) is 0 Å². The van der Waals surface area contributed by atoms with Gasteiger partial charge in [0.1, 0.15) is 5.82 Å². The molecule has 0 radical (unpaired) electrons. The molecule has 1 N–H and O–H groups in total. The van der Waals surface area contributed by atoms with Crippen LogP contribution in [0.4, 0.5) is 4.39 Å². The lowest BCUT2D eigenvalue weighted by atomic mass is 9.91. The largest absolute Gasteiger partial charge is 0.393 e. The van der Waals surface area contributed by atoms with Gasteiger partial charge in [-0.3, -0.25) is 0 Å². The predicted molar refractivity (Wildman–Crippen MR) is 72.8 cm³/mol. The summed E-state index contributed by atoms with van der Waals surface area (Å²) in [7, 11) is 0. The van der Waals surface area contributed by atoms with Gasteiger partial charge in [0.2, 0.25) is 5.89 Å². The molecule has 0 aliphatic carbocycles. The Morgan fingerprint density at radius 1 is 1.30 bits per heavy atom. The quantitative estimate of drug-likeness (QED) is 0.913. The highest BCUT2D eigenvalue weighted by molar-refractivity contribution is 5.19. The van der Waals surface area contributed by atoms with Crippen molar-refractivity contribution in [1.82, 2.24) is 10.1 Å². The highest BCUT2D eigenvalue weighted by Crippen LogP contribution is 2.26. The van der Waals surface area contributed by atoms with Crippen molar-refractivity contribution in [2.24, 2.45) is 5.92 Å². The first-order valence-electron chi connectivity index (χ1n) is 6.72. The molecular weight excluding hydrogens is 259 g/mol. The van der Waals surface area contributed by atoms with Crippen molar-refractivity contribution in [2.75, 3.05) is 0 Å². The number of nitrogens with zero attached hydrogens (tertiary/aromatic N) is 2. The van der Waals surface area contributed by atoms with Gasteiger partial charge < -0.3 is 9.63 Å². The summed E-state index contributed by atoms with van der Waals surface area (Å²) in [5.41, 5.74) is 0.787. The number of benzene rings is 1. The van der Waals surface area contributed by atoms with Gasteiger partial charge in [-0.05, 0) is 30.5 Å². The molecule has 0 fully saturated rings. The minimum atomic E-state index is -0.558. The second kappa shape index (κ2) is 6.13. The summed E-state index contributed by atoms with van der Waals surface area (Å²) in [6.07, 6.45) is -0.149. The zero-order chi connectivity index (χ0) is 14.7. The summed E-state index contributed by atoms with van der Waals surface area (Å²) in [6, 6.07) is 6.31. The van der Waals surface area contributed by atoms with E-state index in [0.717, 1.165) is 5.56 Å². The minimum absolute atomic E-state index is 0.191. The first kappa shape index (κ1) is 14.7. The van der Waals surface area contributed by atoms with Crippen LogP contribution >= 0.6 is 0 Å². The average Bonchev–Trinajstić information content (AvgIpc) is 2.76. The first-order chi connectivity index (χ1) is 9.47. The molecule has 0 amide bonds. The third kappa shape index (κ3) is 3.42. The second-order valence-electron chi connectivity index (χ2n) is 5.37. The van der Waals surface area contributed by atoms with E-state index in [1.807, 2.05) is 19.9 Å². The average molecular weight is 278 g/mol. The number of hydrogen-bond acceptors (Lipinski definition) is 4. The molecule has 0 spiro atoms. The fourth-order valence-electron chi connectivity index (χ4n) is 2.35. The van der Waals surface area contributed by atoms with Crippen LogP contribution < -0.4 is 0 Å². The Morgan fingerprint density at radius 2 is 2.05 bits per heavy atom. The highest BCUT2D eigenvalue weighted by Gasteiger charge is 2.27. The van der Waals surface area contributed by atoms with Crippen LogP contribution in [0.1, 0.15) is 44.0 Å². The number of aliphatic hydroxyl groups excluding tert-OH is 1. The number of halogens is 1. The predicted octanol–water partition coefficient (Wildman–Crippen LogP) is 2.92. The summed E-state index contributed by atoms with van der Waals surface area (Å²) in [5, 5.41) is 13.7. The minimum Gasteiger partial charge on any atom is -0.393 e. The van der Waals surface area contributed by atoms with Crippen molar-refractivity contribution in [2.45, 2.75) is 39.2 Å². The van der Waals surface area contributed by atoms with Crippen LogP contribution in [-0.4, -0.2) is 21.4 Å². The third-order valence-electron chi connectivity index (χ3n) is 3.26. The molecule has 20 heavy (non-hydrogen) atoms. The topological polar surface area (TPSA) is 59.2 Å². The standard InChI is InChI=1S/C15H19FN2O2/c1-9(2)14(10(3)19)15-17-13(18-20-15)8-11-5-4-6-12(16)7-11/h4-7,9-10,14,19H,8H2,1-3H3. The lowest BCUT2D eigenvalue weighted by Gasteiger charge is -2.19.